The number of amides is 4. The van der Waals surface area contributed by atoms with Crippen molar-refractivity contribution in [2.24, 2.45) is 0 Å². The molecule has 0 aliphatic carbocycles. The van der Waals surface area contributed by atoms with Crippen molar-refractivity contribution in [3.05, 3.63) is 71.0 Å². The van der Waals surface area contributed by atoms with Crippen LogP contribution in [0.15, 0.2) is 48.5 Å². The number of nitrogens with one attached hydrogen (secondary N) is 1. The summed E-state index contributed by atoms with van der Waals surface area (Å²) in [5.41, 5.74) is 1.30. The Morgan fingerprint density at radius 3 is 2.45 bits per heavy atom. The number of nitrogens with zero attached hydrogens (tertiary/aromatic N) is 2. The summed E-state index contributed by atoms with van der Waals surface area (Å²) in [6, 6.07) is 12.7. The molecule has 2 aromatic rings. The molecule has 7 heteroatoms. The lowest BCUT2D eigenvalue weighted by molar-refractivity contribution is -0.139. The molecule has 0 spiro atoms. The number of unbranched alkanes of at least 4 members (excludes halogenated alkanes) is 1. The van der Waals surface area contributed by atoms with Gasteiger partial charge in [0.1, 0.15) is 17.9 Å². The second-order valence-corrected chi connectivity index (χ2v) is 8.01. The molecule has 1 aliphatic heterocycles. The van der Waals surface area contributed by atoms with Gasteiger partial charge in [-0.3, -0.25) is 14.5 Å². The van der Waals surface area contributed by atoms with Gasteiger partial charge in [0.15, 0.2) is 0 Å². The fourth-order valence-corrected chi connectivity index (χ4v) is 3.84. The molecule has 6 nitrogen and oxygen atoms in total. The Hall–Kier alpha value is -3.22. The predicted octanol–water partition coefficient (Wildman–Crippen LogP) is 3.73. The number of benzene rings is 2. The maximum absolute atomic E-state index is 13.4. The van der Waals surface area contributed by atoms with Crippen LogP contribution >= 0.6 is 0 Å². The fraction of sp³-hybridized carbons (Fsp3) is 0.375. The zero-order valence-electron chi connectivity index (χ0n) is 18.2. The summed E-state index contributed by atoms with van der Waals surface area (Å²) in [5, 5.41) is 2.79. The van der Waals surface area contributed by atoms with Crippen molar-refractivity contribution in [1.82, 2.24) is 15.1 Å². The first kappa shape index (κ1) is 22.5. The Balaban J connectivity index is 1.79. The van der Waals surface area contributed by atoms with E-state index in [2.05, 4.69) is 5.32 Å². The lowest BCUT2D eigenvalue weighted by Gasteiger charge is -2.27. The molecule has 3 rings (SSSR count). The lowest BCUT2D eigenvalue weighted by Crippen LogP contribution is -2.45. The molecule has 0 aromatic heterocycles. The van der Waals surface area contributed by atoms with Gasteiger partial charge in [-0.05, 0) is 42.2 Å². The van der Waals surface area contributed by atoms with Crippen molar-refractivity contribution >= 4 is 17.8 Å². The molecule has 31 heavy (non-hydrogen) atoms. The van der Waals surface area contributed by atoms with E-state index in [4.69, 9.17) is 0 Å². The van der Waals surface area contributed by atoms with Crippen LogP contribution in [0.25, 0.3) is 0 Å². The topological polar surface area (TPSA) is 69.7 Å². The van der Waals surface area contributed by atoms with Crippen molar-refractivity contribution in [1.29, 1.82) is 0 Å². The highest BCUT2D eigenvalue weighted by atomic mass is 19.1. The number of urea groups is 1. The molecule has 1 fully saturated rings. The Labute approximate surface area is 182 Å². The van der Waals surface area contributed by atoms with Gasteiger partial charge in [-0.1, -0.05) is 56.2 Å². The normalized spacial score (nSPS) is 18.3. The molecule has 4 amide bonds. The molecule has 0 saturated carbocycles. The highest BCUT2D eigenvalue weighted by Gasteiger charge is 2.52. The third kappa shape index (κ3) is 4.60. The van der Waals surface area contributed by atoms with Crippen LogP contribution < -0.4 is 5.32 Å². The monoisotopic (exact) mass is 425 g/mol. The Kier molecular flexibility index (Phi) is 6.73. The van der Waals surface area contributed by atoms with Gasteiger partial charge in [0.25, 0.3) is 5.91 Å². The third-order valence-electron chi connectivity index (χ3n) is 5.81. The van der Waals surface area contributed by atoms with E-state index in [1.54, 1.807) is 7.05 Å². The predicted molar refractivity (Wildman–Crippen MR) is 116 cm³/mol. The van der Waals surface area contributed by atoms with Crippen LogP contribution in [0.3, 0.4) is 0 Å². The van der Waals surface area contributed by atoms with E-state index < -0.39 is 23.3 Å². The highest BCUT2D eigenvalue weighted by Crippen LogP contribution is 2.34. The van der Waals surface area contributed by atoms with Gasteiger partial charge in [0, 0.05) is 13.6 Å². The average Bonchev–Trinajstić information content (AvgIpc) is 2.99. The highest BCUT2D eigenvalue weighted by molar-refractivity contribution is 6.09. The van der Waals surface area contributed by atoms with Crippen molar-refractivity contribution in [2.45, 2.75) is 45.2 Å². The van der Waals surface area contributed by atoms with E-state index in [0.29, 0.717) is 24.9 Å². The first-order valence-electron chi connectivity index (χ1n) is 10.5. The Morgan fingerprint density at radius 1 is 1.13 bits per heavy atom. The summed E-state index contributed by atoms with van der Waals surface area (Å²) in [4.78, 5) is 41.4. The number of hydrogen-bond donors (Lipinski definition) is 1. The van der Waals surface area contributed by atoms with Crippen molar-refractivity contribution in [3.8, 4) is 0 Å². The maximum Gasteiger partial charge on any atom is 0.325 e. The quantitative estimate of drug-likeness (QED) is 0.655. The minimum Gasteiger partial charge on any atom is -0.340 e. The van der Waals surface area contributed by atoms with Gasteiger partial charge in [0.05, 0.1) is 0 Å². The van der Waals surface area contributed by atoms with E-state index in [-0.39, 0.29) is 12.5 Å². The van der Waals surface area contributed by atoms with E-state index in [9.17, 15) is 18.8 Å². The summed E-state index contributed by atoms with van der Waals surface area (Å²) in [5.74, 6) is -1.23. The number of carbonyl (C=O) groups excluding carboxylic acids is 3. The molecule has 1 saturated heterocycles. The second kappa shape index (κ2) is 9.29. The molecule has 164 valence electrons. The molecule has 1 N–H and O–H groups in total. The van der Waals surface area contributed by atoms with Crippen molar-refractivity contribution in [2.75, 3.05) is 13.6 Å². The zero-order chi connectivity index (χ0) is 22.6. The molecule has 1 aliphatic rings. The van der Waals surface area contributed by atoms with Crippen molar-refractivity contribution < 1.29 is 18.8 Å². The average molecular weight is 426 g/mol. The summed E-state index contributed by atoms with van der Waals surface area (Å²) in [7, 11) is 1.65. The molecule has 0 radical (unpaired) electrons. The molecule has 1 unspecified atom stereocenters. The zero-order valence-corrected chi connectivity index (χ0v) is 18.2. The number of halogens is 1. The number of carbonyl (C=O) groups is 3. The summed E-state index contributed by atoms with van der Waals surface area (Å²) in [6.45, 7) is 3.99. The first-order chi connectivity index (χ1) is 14.8. The van der Waals surface area contributed by atoms with Crippen LogP contribution in [-0.2, 0) is 21.7 Å². The maximum atomic E-state index is 13.4. The van der Waals surface area contributed by atoms with Crippen LogP contribution in [-0.4, -0.2) is 41.2 Å². The van der Waals surface area contributed by atoms with Gasteiger partial charge in [-0.25, -0.2) is 9.18 Å². The summed E-state index contributed by atoms with van der Waals surface area (Å²) in [6.07, 6.45) is 1.89. The number of imide groups is 1. The summed E-state index contributed by atoms with van der Waals surface area (Å²) >= 11 is 0. The van der Waals surface area contributed by atoms with Gasteiger partial charge in [-0.15, -0.1) is 0 Å². The van der Waals surface area contributed by atoms with E-state index in [0.717, 1.165) is 22.4 Å². The van der Waals surface area contributed by atoms with Gasteiger partial charge in [0.2, 0.25) is 5.91 Å². The van der Waals surface area contributed by atoms with Gasteiger partial charge < -0.3 is 10.2 Å². The van der Waals surface area contributed by atoms with E-state index in [1.165, 1.54) is 29.2 Å². The second-order valence-electron chi connectivity index (χ2n) is 8.01. The Morgan fingerprint density at radius 2 is 1.81 bits per heavy atom. The van der Waals surface area contributed by atoms with Crippen LogP contribution in [0.4, 0.5) is 9.18 Å². The van der Waals surface area contributed by atoms with Crippen LogP contribution in [0, 0.1) is 12.7 Å². The van der Waals surface area contributed by atoms with Crippen LogP contribution in [0.2, 0.25) is 0 Å². The lowest BCUT2D eigenvalue weighted by atomic mass is 9.85. The van der Waals surface area contributed by atoms with E-state index >= 15 is 0 Å². The molecule has 1 atom stereocenters. The Bertz CT molecular complexity index is 976. The first-order valence-corrected chi connectivity index (χ1v) is 10.5. The molecular weight excluding hydrogens is 397 g/mol. The van der Waals surface area contributed by atoms with Crippen molar-refractivity contribution in [3.63, 3.8) is 0 Å². The molecular formula is C24H28FN3O3. The third-order valence-corrected chi connectivity index (χ3v) is 5.81. The SMILES string of the molecule is CCCCC1(c2ccc(F)cc2)NC(=O)N(CC(=O)N(C)Cc2ccccc2C)C1=O. The molecule has 1 heterocycles. The van der Waals surface area contributed by atoms with E-state index in [1.807, 2.05) is 38.1 Å². The number of aryl methyl sites for hydroxylation is 1. The number of hydrogen-bond acceptors (Lipinski definition) is 3. The molecule has 0 bridgehead atoms. The van der Waals surface area contributed by atoms with Gasteiger partial charge >= 0.3 is 6.03 Å². The number of rotatable bonds is 8. The van der Waals surface area contributed by atoms with Crippen LogP contribution in [0.5, 0.6) is 0 Å². The number of likely N-dealkylation sites (N-methyl/N-ethyl adjacent to an activating group) is 1. The van der Waals surface area contributed by atoms with Gasteiger partial charge in [-0.2, -0.15) is 0 Å². The molecule has 2 aromatic carbocycles. The smallest absolute Gasteiger partial charge is 0.325 e. The minimum absolute atomic E-state index is 0.336. The standard InChI is InChI=1S/C24H28FN3O3/c1-4-5-14-24(19-10-12-20(25)13-11-19)22(30)28(23(31)26-24)16-21(29)27(3)15-18-9-7-6-8-17(18)2/h6-13H,4-5,14-16H2,1-3H3,(H,26,31). The summed E-state index contributed by atoms with van der Waals surface area (Å²) < 4.78 is 13.4. The largest absolute Gasteiger partial charge is 0.340 e. The van der Waals surface area contributed by atoms with Crippen LogP contribution in [0.1, 0.15) is 42.9 Å². The fourth-order valence-electron chi connectivity index (χ4n) is 3.84. The minimum atomic E-state index is -1.28.